The fraction of sp³-hybridized carbons (Fsp3) is 0.929. The zero-order valence-corrected chi connectivity index (χ0v) is 12.6. The fourth-order valence-corrected chi connectivity index (χ4v) is 2.33. The SMILES string of the molecule is CC(C)(C)CC(CN)C(=O)NCCN1CCOCC1. The van der Waals surface area contributed by atoms with Crippen molar-refractivity contribution in [2.24, 2.45) is 17.1 Å². The van der Waals surface area contributed by atoms with Gasteiger partial charge in [-0.25, -0.2) is 0 Å². The van der Waals surface area contributed by atoms with Crippen molar-refractivity contribution in [3.63, 3.8) is 0 Å². The lowest BCUT2D eigenvalue weighted by atomic mass is 9.84. The van der Waals surface area contributed by atoms with Crippen molar-refractivity contribution in [3.05, 3.63) is 0 Å². The summed E-state index contributed by atoms with van der Waals surface area (Å²) in [4.78, 5) is 14.4. The van der Waals surface area contributed by atoms with Gasteiger partial charge >= 0.3 is 0 Å². The molecule has 1 saturated heterocycles. The third kappa shape index (κ3) is 6.89. The van der Waals surface area contributed by atoms with Crippen LogP contribution in [0, 0.1) is 11.3 Å². The molecule has 1 amide bonds. The van der Waals surface area contributed by atoms with Crippen LogP contribution >= 0.6 is 0 Å². The van der Waals surface area contributed by atoms with Crippen molar-refractivity contribution in [2.75, 3.05) is 45.9 Å². The molecule has 1 aliphatic rings. The predicted molar refractivity (Wildman–Crippen MR) is 76.9 cm³/mol. The van der Waals surface area contributed by atoms with Crippen LogP contribution in [0.3, 0.4) is 0 Å². The van der Waals surface area contributed by atoms with E-state index >= 15 is 0 Å². The molecule has 0 aromatic rings. The molecule has 0 aliphatic carbocycles. The molecule has 19 heavy (non-hydrogen) atoms. The van der Waals surface area contributed by atoms with Crippen LogP contribution in [-0.2, 0) is 9.53 Å². The minimum atomic E-state index is -0.0790. The van der Waals surface area contributed by atoms with Gasteiger partial charge in [-0.1, -0.05) is 20.8 Å². The lowest BCUT2D eigenvalue weighted by Gasteiger charge is -2.27. The van der Waals surface area contributed by atoms with E-state index in [1.54, 1.807) is 0 Å². The number of carbonyl (C=O) groups is 1. The summed E-state index contributed by atoms with van der Waals surface area (Å²) in [5.41, 5.74) is 5.84. The lowest BCUT2D eigenvalue weighted by molar-refractivity contribution is -0.125. The van der Waals surface area contributed by atoms with Crippen LogP contribution in [0.2, 0.25) is 0 Å². The van der Waals surface area contributed by atoms with E-state index in [1.165, 1.54) is 0 Å². The van der Waals surface area contributed by atoms with Crippen LogP contribution in [0.15, 0.2) is 0 Å². The number of hydrogen-bond acceptors (Lipinski definition) is 4. The van der Waals surface area contributed by atoms with Crippen molar-refractivity contribution in [1.82, 2.24) is 10.2 Å². The Morgan fingerprint density at radius 3 is 2.53 bits per heavy atom. The van der Waals surface area contributed by atoms with Crippen LogP contribution in [0.25, 0.3) is 0 Å². The lowest BCUT2D eigenvalue weighted by Crippen LogP contribution is -2.43. The zero-order valence-electron chi connectivity index (χ0n) is 12.6. The number of hydrogen-bond donors (Lipinski definition) is 2. The Morgan fingerprint density at radius 1 is 1.37 bits per heavy atom. The van der Waals surface area contributed by atoms with Gasteiger partial charge in [0.1, 0.15) is 0 Å². The highest BCUT2D eigenvalue weighted by atomic mass is 16.5. The molecule has 0 aromatic carbocycles. The minimum absolute atomic E-state index is 0.0790. The van der Waals surface area contributed by atoms with E-state index < -0.39 is 0 Å². The van der Waals surface area contributed by atoms with Crippen LogP contribution in [-0.4, -0.2) is 56.7 Å². The van der Waals surface area contributed by atoms with Gasteiger partial charge in [0.05, 0.1) is 19.1 Å². The second-order valence-corrected chi connectivity index (χ2v) is 6.44. The molecule has 5 heteroatoms. The van der Waals surface area contributed by atoms with Crippen molar-refractivity contribution in [3.8, 4) is 0 Å². The molecule has 1 heterocycles. The number of nitrogens with zero attached hydrogens (tertiary/aromatic N) is 1. The Morgan fingerprint density at radius 2 is 2.00 bits per heavy atom. The standard InChI is InChI=1S/C14H29N3O2/c1-14(2,3)10-12(11-15)13(18)16-4-5-17-6-8-19-9-7-17/h12H,4-11,15H2,1-3H3,(H,16,18). The smallest absolute Gasteiger partial charge is 0.224 e. The summed E-state index contributed by atoms with van der Waals surface area (Å²) in [5.74, 6) is 0.00961. The number of amides is 1. The van der Waals surface area contributed by atoms with Gasteiger partial charge in [0.15, 0.2) is 0 Å². The van der Waals surface area contributed by atoms with Crippen molar-refractivity contribution < 1.29 is 9.53 Å². The summed E-state index contributed by atoms with van der Waals surface area (Å²) in [5, 5.41) is 3.00. The maximum absolute atomic E-state index is 12.1. The van der Waals surface area contributed by atoms with E-state index in [4.69, 9.17) is 10.5 Å². The second kappa shape index (κ2) is 7.82. The topological polar surface area (TPSA) is 67.6 Å². The van der Waals surface area contributed by atoms with Crippen LogP contribution in [0.1, 0.15) is 27.2 Å². The first-order valence-corrected chi connectivity index (χ1v) is 7.20. The molecule has 0 saturated carbocycles. The molecule has 3 N–H and O–H groups in total. The highest BCUT2D eigenvalue weighted by molar-refractivity contribution is 5.78. The van der Waals surface area contributed by atoms with E-state index in [0.29, 0.717) is 13.1 Å². The van der Waals surface area contributed by atoms with Gasteiger partial charge in [-0.3, -0.25) is 9.69 Å². The Kier molecular flexibility index (Phi) is 6.75. The molecule has 1 fully saturated rings. The molecular weight excluding hydrogens is 242 g/mol. The minimum Gasteiger partial charge on any atom is -0.379 e. The fourth-order valence-electron chi connectivity index (χ4n) is 2.33. The highest BCUT2D eigenvalue weighted by Gasteiger charge is 2.23. The van der Waals surface area contributed by atoms with Crippen molar-refractivity contribution in [2.45, 2.75) is 27.2 Å². The summed E-state index contributed by atoms with van der Waals surface area (Å²) in [7, 11) is 0. The molecule has 0 aromatic heterocycles. The molecule has 0 spiro atoms. The normalized spacial score (nSPS) is 19.2. The maximum atomic E-state index is 12.1. The first-order chi connectivity index (χ1) is 8.92. The van der Waals surface area contributed by atoms with Gasteiger partial charge < -0.3 is 15.8 Å². The van der Waals surface area contributed by atoms with Crippen LogP contribution in [0.5, 0.6) is 0 Å². The first kappa shape index (κ1) is 16.4. The summed E-state index contributed by atoms with van der Waals surface area (Å²) in [6.45, 7) is 11.9. The molecule has 1 atom stereocenters. The summed E-state index contributed by atoms with van der Waals surface area (Å²) in [6.07, 6.45) is 0.826. The van der Waals surface area contributed by atoms with E-state index in [2.05, 4.69) is 31.0 Å². The Labute approximate surface area is 116 Å². The van der Waals surface area contributed by atoms with Crippen LogP contribution < -0.4 is 11.1 Å². The molecule has 0 bridgehead atoms. The van der Waals surface area contributed by atoms with Crippen molar-refractivity contribution >= 4 is 5.91 Å². The summed E-state index contributed by atoms with van der Waals surface area (Å²) in [6, 6.07) is 0. The number of rotatable bonds is 6. The average molecular weight is 271 g/mol. The molecule has 0 radical (unpaired) electrons. The van der Waals surface area contributed by atoms with Crippen LogP contribution in [0.4, 0.5) is 0 Å². The van der Waals surface area contributed by atoms with Crippen molar-refractivity contribution in [1.29, 1.82) is 0 Å². The third-order valence-corrected chi connectivity index (χ3v) is 3.35. The summed E-state index contributed by atoms with van der Waals surface area (Å²) < 4.78 is 5.29. The zero-order chi connectivity index (χ0) is 14.3. The van der Waals surface area contributed by atoms with E-state index in [1.807, 2.05) is 0 Å². The highest BCUT2D eigenvalue weighted by Crippen LogP contribution is 2.23. The Balaban J connectivity index is 2.24. The number of nitrogens with one attached hydrogen (secondary N) is 1. The van der Waals surface area contributed by atoms with Gasteiger partial charge in [0.2, 0.25) is 5.91 Å². The maximum Gasteiger partial charge on any atom is 0.224 e. The third-order valence-electron chi connectivity index (χ3n) is 3.35. The molecule has 1 unspecified atom stereocenters. The molecule has 5 nitrogen and oxygen atoms in total. The second-order valence-electron chi connectivity index (χ2n) is 6.44. The van der Waals surface area contributed by atoms with E-state index in [-0.39, 0.29) is 17.2 Å². The van der Waals surface area contributed by atoms with Gasteiger partial charge in [0.25, 0.3) is 0 Å². The Bertz CT molecular complexity index is 270. The van der Waals surface area contributed by atoms with Gasteiger partial charge in [0, 0.05) is 32.7 Å². The van der Waals surface area contributed by atoms with E-state index in [0.717, 1.165) is 39.3 Å². The average Bonchev–Trinajstić information content (AvgIpc) is 2.36. The molecule has 1 aliphatic heterocycles. The number of nitrogens with two attached hydrogens (primary N) is 1. The van der Waals surface area contributed by atoms with Gasteiger partial charge in [-0.05, 0) is 11.8 Å². The molecular formula is C14H29N3O2. The van der Waals surface area contributed by atoms with Gasteiger partial charge in [-0.15, -0.1) is 0 Å². The molecule has 1 rings (SSSR count). The summed E-state index contributed by atoms with van der Waals surface area (Å²) >= 11 is 0. The first-order valence-electron chi connectivity index (χ1n) is 7.20. The predicted octanol–water partition coefficient (Wildman–Crippen LogP) is 0.446. The monoisotopic (exact) mass is 271 g/mol. The largest absolute Gasteiger partial charge is 0.379 e. The molecule has 112 valence electrons. The number of morpholine rings is 1. The quantitative estimate of drug-likeness (QED) is 0.736. The Hall–Kier alpha value is -0.650. The van der Waals surface area contributed by atoms with E-state index in [9.17, 15) is 4.79 Å². The number of carbonyl (C=O) groups excluding carboxylic acids is 1. The van der Waals surface area contributed by atoms with Gasteiger partial charge in [-0.2, -0.15) is 0 Å². The number of ether oxygens (including phenoxy) is 1.